The number of nitrogens with zero attached hydrogens (tertiary/aromatic N) is 2. The van der Waals surface area contributed by atoms with Gasteiger partial charge in [-0.1, -0.05) is 15.9 Å². The van der Waals surface area contributed by atoms with E-state index in [0.29, 0.717) is 24.2 Å². The predicted octanol–water partition coefficient (Wildman–Crippen LogP) is 2.76. The third-order valence-corrected chi connectivity index (χ3v) is 3.96. The van der Waals surface area contributed by atoms with Gasteiger partial charge in [0.15, 0.2) is 0 Å². The fourth-order valence-corrected chi connectivity index (χ4v) is 2.77. The van der Waals surface area contributed by atoms with Crippen LogP contribution in [-0.2, 0) is 4.79 Å². The molecule has 0 radical (unpaired) electrons. The zero-order valence-corrected chi connectivity index (χ0v) is 11.6. The summed E-state index contributed by atoms with van der Waals surface area (Å²) in [7, 11) is 0. The highest BCUT2D eigenvalue weighted by atomic mass is 79.9. The summed E-state index contributed by atoms with van der Waals surface area (Å²) in [6, 6.07) is 7.47. The Balaban J connectivity index is 2.49. The van der Waals surface area contributed by atoms with E-state index in [2.05, 4.69) is 22.0 Å². The molecule has 0 aromatic heterocycles. The number of carbonyl (C=O) groups is 1. The van der Waals surface area contributed by atoms with Crippen LogP contribution in [-0.4, -0.2) is 23.2 Å². The average Bonchev–Trinajstić information content (AvgIpc) is 2.72. The largest absolute Gasteiger partial charge is 0.480 e. The molecule has 1 aromatic carbocycles. The number of benzene rings is 1. The van der Waals surface area contributed by atoms with E-state index in [9.17, 15) is 9.90 Å². The van der Waals surface area contributed by atoms with Gasteiger partial charge in [0.1, 0.15) is 11.6 Å². The highest BCUT2D eigenvalue weighted by Crippen LogP contribution is 2.36. The molecule has 4 nitrogen and oxygen atoms in total. The van der Waals surface area contributed by atoms with Gasteiger partial charge in [-0.3, -0.25) is 0 Å². The van der Waals surface area contributed by atoms with Crippen molar-refractivity contribution >= 4 is 27.6 Å². The van der Waals surface area contributed by atoms with Crippen LogP contribution in [0.2, 0.25) is 0 Å². The first kappa shape index (κ1) is 12.9. The molecule has 5 heteroatoms. The van der Waals surface area contributed by atoms with Crippen molar-refractivity contribution in [2.45, 2.75) is 25.3 Å². The molecule has 1 unspecified atom stereocenters. The van der Waals surface area contributed by atoms with E-state index < -0.39 is 11.5 Å². The normalized spacial score (nSPS) is 22.8. The van der Waals surface area contributed by atoms with Crippen LogP contribution in [0.5, 0.6) is 0 Å². The standard InChI is InChI=1S/C13H13BrN2O2/c1-13(12(17)18)5-2-6-16(13)11-4-3-10(14)7-9(11)8-15/h3-4,7H,2,5-6H2,1H3,(H,17,18). The van der Waals surface area contributed by atoms with Crippen molar-refractivity contribution in [2.75, 3.05) is 11.4 Å². The van der Waals surface area contributed by atoms with Crippen molar-refractivity contribution in [1.82, 2.24) is 0 Å². The average molecular weight is 309 g/mol. The summed E-state index contributed by atoms with van der Waals surface area (Å²) in [5.41, 5.74) is 0.279. The van der Waals surface area contributed by atoms with Gasteiger partial charge in [0.05, 0.1) is 11.3 Å². The molecule has 0 aliphatic carbocycles. The Morgan fingerprint density at radius 1 is 1.61 bits per heavy atom. The third kappa shape index (κ3) is 1.97. The Hall–Kier alpha value is -1.54. The van der Waals surface area contributed by atoms with Crippen molar-refractivity contribution in [3.05, 3.63) is 28.2 Å². The van der Waals surface area contributed by atoms with Gasteiger partial charge in [0, 0.05) is 11.0 Å². The SMILES string of the molecule is CC1(C(=O)O)CCCN1c1ccc(Br)cc1C#N. The van der Waals surface area contributed by atoms with Crippen molar-refractivity contribution < 1.29 is 9.90 Å². The molecule has 1 aliphatic rings. The number of carboxylic acid groups (broad SMARTS) is 1. The lowest BCUT2D eigenvalue weighted by Crippen LogP contribution is -2.48. The van der Waals surface area contributed by atoms with Crippen LogP contribution in [0.1, 0.15) is 25.3 Å². The second kappa shape index (κ2) is 4.62. The summed E-state index contributed by atoms with van der Waals surface area (Å²) in [6.07, 6.45) is 1.42. The second-order valence-electron chi connectivity index (χ2n) is 4.61. The lowest BCUT2D eigenvalue weighted by atomic mass is 9.98. The smallest absolute Gasteiger partial charge is 0.329 e. The number of halogens is 1. The van der Waals surface area contributed by atoms with Gasteiger partial charge in [-0.05, 0) is 38.0 Å². The monoisotopic (exact) mass is 308 g/mol. The Labute approximate surface area is 114 Å². The fraction of sp³-hybridized carbons (Fsp3) is 0.385. The van der Waals surface area contributed by atoms with E-state index in [4.69, 9.17) is 5.26 Å². The Bertz CT molecular complexity index is 538. The lowest BCUT2D eigenvalue weighted by molar-refractivity contribution is -0.142. The van der Waals surface area contributed by atoms with Gasteiger partial charge < -0.3 is 10.0 Å². The van der Waals surface area contributed by atoms with Gasteiger partial charge in [0.25, 0.3) is 0 Å². The van der Waals surface area contributed by atoms with Crippen LogP contribution < -0.4 is 4.90 Å². The molecule has 1 aliphatic heterocycles. The van der Waals surface area contributed by atoms with Gasteiger partial charge in [-0.2, -0.15) is 5.26 Å². The quantitative estimate of drug-likeness (QED) is 0.912. The highest BCUT2D eigenvalue weighted by molar-refractivity contribution is 9.10. The minimum Gasteiger partial charge on any atom is -0.480 e. The summed E-state index contributed by atoms with van der Waals surface area (Å²) in [4.78, 5) is 13.3. The first-order valence-electron chi connectivity index (χ1n) is 5.70. The Kier molecular flexibility index (Phi) is 3.31. The van der Waals surface area contributed by atoms with Gasteiger partial charge in [-0.25, -0.2) is 4.79 Å². The molecule has 94 valence electrons. The molecule has 1 heterocycles. The second-order valence-corrected chi connectivity index (χ2v) is 5.52. The highest BCUT2D eigenvalue weighted by Gasteiger charge is 2.44. The summed E-state index contributed by atoms with van der Waals surface area (Å²) >= 11 is 3.32. The summed E-state index contributed by atoms with van der Waals surface area (Å²) in [5.74, 6) is -0.841. The van der Waals surface area contributed by atoms with E-state index in [0.717, 1.165) is 10.9 Å². The summed E-state index contributed by atoms with van der Waals surface area (Å²) in [6.45, 7) is 2.38. The van der Waals surface area contributed by atoms with E-state index in [-0.39, 0.29) is 0 Å². The molecule has 1 fully saturated rings. The van der Waals surface area contributed by atoms with Crippen molar-refractivity contribution in [3.63, 3.8) is 0 Å². The van der Waals surface area contributed by atoms with Crippen LogP contribution in [0, 0.1) is 11.3 Å². The molecule has 1 saturated heterocycles. The fourth-order valence-electron chi connectivity index (χ4n) is 2.40. The first-order chi connectivity index (χ1) is 8.49. The number of nitriles is 1. The number of carboxylic acids is 1. The predicted molar refractivity (Wildman–Crippen MR) is 71.5 cm³/mol. The molecular formula is C13H13BrN2O2. The maximum atomic E-state index is 11.4. The zero-order valence-electron chi connectivity index (χ0n) is 9.98. The van der Waals surface area contributed by atoms with Crippen molar-refractivity contribution in [3.8, 4) is 6.07 Å². The Morgan fingerprint density at radius 3 is 2.94 bits per heavy atom. The maximum Gasteiger partial charge on any atom is 0.329 e. The first-order valence-corrected chi connectivity index (χ1v) is 6.49. The van der Waals surface area contributed by atoms with Crippen LogP contribution >= 0.6 is 15.9 Å². The molecule has 0 bridgehead atoms. The molecule has 2 rings (SSSR count). The van der Waals surface area contributed by atoms with Crippen LogP contribution in [0.4, 0.5) is 5.69 Å². The third-order valence-electron chi connectivity index (χ3n) is 3.47. The molecule has 0 spiro atoms. The van der Waals surface area contributed by atoms with Crippen LogP contribution in [0.25, 0.3) is 0 Å². The van der Waals surface area contributed by atoms with Crippen molar-refractivity contribution in [2.24, 2.45) is 0 Å². The molecule has 1 aromatic rings. The van der Waals surface area contributed by atoms with Gasteiger partial charge in [-0.15, -0.1) is 0 Å². The molecule has 1 atom stereocenters. The summed E-state index contributed by atoms with van der Waals surface area (Å²) in [5, 5.41) is 18.6. The lowest BCUT2D eigenvalue weighted by Gasteiger charge is -2.33. The number of anilines is 1. The van der Waals surface area contributed by atoms with E-state index in [1.54, 1.807) is 19.1 Å². The van der Waals surface area contributed by atoms with E-state index in [1.165, 1.54) is 0 Å². The number of hydrogen-bond donors (Lipinski definition) is 1. The van der Waals surface area contributed by atoms with Crippen LogP contribution in [0.15, 0.2) is 22.7 Å². The topological polar surface area (TPSA) is 64.3 Å². The minimum atomic E-state index is -0.917. The van der Waals surface area contributed by atoms with Crippen LogP contribution in [0.3, 0.4) is 0 Å². The minimum absolute atomic E-state index is 0.499. The molecule has 0 saturated carbocycles. The number of aliphatic carboxylic acids is 1. The van der Waals surface area contributed by atoms with E-state index in [1.807, 2.05) is 11.0 Å². The summed E-state index contributed by atoms with van der Waals surface area (Å²) < 4.78 is 0.819. The molecule has 1 N–H and O–H groups in total. The van der Waals surface area contributed by atoms with Crippen molar-refractivity contribution in [1.29, 1.82) is 5.26 Å². The number of hydrogen-bond acceptors (Lipinski definition) is 3. The van der Waals surface area contributed by atoms with Gasteiger partial charge in [0.2, 0.25) is 0 Å². The number of rotatable bonds is 2. The maximum absolute atomic E-state index is 11.4. The van der Waals surface area contributed by atoms with Gasteiger partial charge >= 0.3 is 5.97 Å². The Morgan fingerprint density at radius 2 is 2.33 bits per heavy atom. The molecular weight excluding hydrogens is 296 g/mol. The molecule has 18 heavy (non-hydrogen) atoms. The molecule has 0 amide bonds. The van der Waals surface area contributed by atoms with E-state index >= 15 is 0 Å². The zero-order chi connectivity index (χ0) is 13.3.